The Hall–Kier alpha value is -3.16. The van der Waals surface area contributed by atoms with Crippen LogP contribution >= 0.6 is 0 Å². The van der Waals surface area contributed by atoms with Gasteiger partial charge >= 0.3 is 6.18 Å². The lowest BCUT2D eigenvalue weighted by atomic mass is 10.1. The molecule has 0 atom stereocenters. The van der Waals surface area contributed by atoms with Gasteiger partial charge in [0.2, 0.25) is 0 Å². The molecule has 0 radical (unpaired) electrons. The van der Waals surface area contributed by atoms with Crippen LogP contribution in [0.25, 0.3) is 11.3 Å². The van der Waals surface area contributed by atoms with Gasteiger partial charge in [-0.2, -0.15) is 18.3 Å². The summed E-state index contributed by atoms with van der Waals surface area (Å²) in [5, 5.41) is 6.99. The Labute approximate surface area is 147 Å². The zero-order chi connectivity index (χ0) is 18.7. The predicted octanol–water partition coefficient (Wildman–Crippen LogP) is 3.43. The number of aryl methyl sites for hydroxylation is 1. The number of pyridine rings is 1. The number of nitrogens with one attached hydrogen (secondary N) is 1. The predicted molar refractivity (Wildman–Crippen MR) is 89.1 cm³/mol. The monoisotopic (exact) mass is 360 g/mol. The van der Waals surface area contributed by atoms with Crippen molar-refractivity contribution in [2.24, 2.45) is 7.05 Å². The van der Waals surface area contributed by atoms with Gasteiger partial charge in [-0.1, -0.05) is 18.2 Å². The first kappa shape index (κ1) is 17.7. The maximum atomic E-state index is 12.8. The number of hydrogen-bond acceptors (Lipinski definition) is 3. The average Bonchev–Trinajstić information content (AvgIpc) is 3.01. The van der Waals surface area contributed by atoms with Crippen LogP contribution in [0.4, 0.5) is 13.2 Å². The van der Waals surface area contributed by atoms with Crippen molar-refractivity contribution in [1.29, 1.82) is 0 Å². The largest absolute Gasteiger partial charge is 0.433 e. The van der Waals surface area contributed by atoms with E-state index in [9.17, 15) is 18.0 Å². The zero-order valence-corrected chi connectivity index (χ0v) is 13.8. The van der Waals surface area contributed by atoms with Crippen LogP contribution < -0.4 is 5.32 Å². The van der Waals surface area contributed by atoms with Gasteiger partial charge in [0.25, 0.3) is 5.91 Å². The van der Waals surface area contributed by atoms with E-state index in [2.05, 4.69) is 15.4 Å². The first-order valence-corrected chi connectivity index (χ1v) is 7.74. The molecule has 0 saturated carbocycles. The average molecular weight is 360 g/mol. The summed E-state index contributed by atoms with van der Waals surface area (Å²) >= 11 is 0. The summed E-state index contributed by atoms with van der Waals surface area (Å²) in [6.07, 6.45) is -3.42. The van der Waals surface area contributed by atoms with Gasteiger partial charge in [0.15, 0.2) is 0 Å². The van der Waals surface area contributed by atoms with Crippen molar-refractivity contribution in [3.63, 3.8) is 0 Å². The lowest BCUT2D eigenvalue weighted by Crippen LogP contribution is -2.23. The quantitative estimate of drug-likeness (QED) is 0.775. The summed E-state index contributed by atoms with van der Waals surface area (Å²) in [4.78, 5) is 15.4. The number of carbonyl (C=O) groups excluding carboxylic acids is 1. The van der Waals surface area contributed by atoms with Gasteiger partial charge in [0, 0.05) is 24.4 Å². The molecule has 5 nitrogen and oxygen atoms in total. The molecular formula is C18H15F3N4O. The first-order chi connectivity index (χ1) is 12.3. The highest BCUT2D eigenvalue weighted by Crippen LogP contribution is 2.30. The molecule has 0 aliphatic heterocycles. The van der Waals surface area contributed by atoms with Crippen LogP contribution in [0.2, 0.25) is 0 Å². The van der Waals surface area contributed by atoms with Crippen LogP contribution in [-0.4, -0.2) is 20.7 Å². The Morgan fingerprint density at radius 3 is 2.58 bits per heavy atom. The van der Waals surface area contributed by atoms with Crippen LogP contribution in [0.15, 0.2) is 54.7 Å². The molecular weight excluding hydrogens is 345 g/mol. The lowest BCUT2D eigenvalue weighted by molar-refractivity contribution is -0.141. The molecule has 0 bridgehead atoms. The minimum absolute atomic E-state index is 0.203. The van der Waals surface area contributed by atoms with Crippen molar-refractivity contribution >= 4 is 5.91 Å². The molecule has 26 heavy (non-hydrogen) atoms. The number of benzene rings is 1. The third-order valence-electron chi connectivity index (χ3n) is 3.79. The second kappa shape index (κ2) is 6.99. The molecule has 0 saturated heterocycles. The van der Waals surface area contributed by atoms with Crippen LogP contribution in [-0.2, 0) is 19.8 Å². The maximum Gasteiger partial charge on any atom is 0.433 e. The highest BCUT2D eigenvalue weighted by atomic mass is 19.4. The Kier molecular flexibility index (Phi) is 4.75. The number of halogens is 3. The Balaban J connectivity index is 1.76. The van der Waals surface area contributed by atoms with Crippen molar-refractivity contribution in [1.82, 2.24) is 20.1 Å². The van der Waals surface area contributed by atoms with E-state index in [4.69, 9.17) is 0 Å². The second-order valence-corrected chi connectivity index (χ2v) is 5.62. The van der Waals surface area contributed by atoms with Gasteiger partial charge in [-0.05, 0) is 30.3 Å². The number of alkyl halides is 3. The molecule has 0 spiro atoms. The molecule has 0 unspecified atom stereocenters. The Morgan fingerprint density at radius 1 is 1.15 bits per heavy atom. The number of amides is 1. The van der Waals surface area contributed by atoms with Gasteiger partial charge in [-0.25, -0.2) is 0 Å². The van der Waals surface area contributed by atoms with E-state index in [1.165, 1.54) is 10.7 Å². The minimum Gasteiger partial charge on any atom is -0.346 e. The van der Waals surface area contributed by atoms with Crippen LogP contribution in [0.5, 0.6) is 0 Å². The molecule has 1 amide bonds. The number of carbonyl (C=O) groups is 1. The van der Waals surface area contributed by atoms with Crippen LogP contribution in [0, 0.1) is 0 Å². The van der Waals surface area contributed by atoms with Gasteiger partial charge in [0.1, 0.15) is 5.69 Å². The molecule has 8 heteroatoms. The van der Waals surface area contributed by atoms with Gasteiger partial charge in [0.05, 0.1) is 17.9 Å². The number of aromatic nitrogens is 3. The number of nitrogens with zero attached hydrogens (tertiary/aromatic N) is 3. The Morgan fingerprint density at radius 2 is 1.88 bits per heavy atom. The SMILES string of the molecule is Cn1nc(-c2ccnc(C(F)(F)F)c2)cc1CNC(=O)c1ccccc1. The summed E-state index contributed by atoms with van der Waals surface area (Å²) in [5.41, 5.74) is 0.904. The van der Waals surface area contributed by atoms with Crippen molar-refractivity contribution in [2.75, 3.05) is 0 Å². The highest BCUT2D eigenvalue weighted by molar-refractivity contribution is 5.94. The van der Waals surface area contributed by atoms with E-state index in [1.54, 1.807) is 37.4 Å². The first-order valence-electron chi connectivity index (χ1n) is 7.74. The third kappa shape index (κ3) is 3.90. The molecule has 134 valence electrons. The molecule has 3 aromatic rings. The van der Waals surface area contributed by atoms with E-state index in [-0.39, 0.29) is 12.5 Å². The molecule has 1 N–H and O–H groups in total. The molecule has 1 aromatic carbocycles. The van der Waals surface area contributed by atoms with Gasteiger partial charge in [-0.15, -0.1) is 0 Å². The highest BCUT2D eigenvalue weighted by Gasteiger charge is 2.32. The summed E-state index contributed by atoms with van der Waals surface area (Å²) < 4.78 is 39.9. The maximum absolute atomic E-state index is 12.8. The van der Waals surface area contributed by atoms with Crippen molar-refractivity contribution in [3.8, 4) is 11.3 Å². The zero-order valence-electron chi connectivity index (χ0n) is 13.8. The van der Waals surface area contributed by atoms with E-state index >= 15 is 0 Å². The van der Waals surface area contributed by atoms with E-state index in [0.717, 1.165) is 12.3 Å². The topological polar surface area (TPSA) is 59.8 Å². The third-order valence-corrected chi connectivity index (χ3v) is 3.79. The minimum atomic E-state index is -4.52. The molecule has 3 rings (SSSR count). The smallest absolute Gasteiger partial charge is 0.346 e. The number of rotatable bonds is 4. The molecule has 0 aliphatic carbocycles. The fourth-order valence-corrected chi connectivity index (χ4v) is 2.42. The fraction of sp³-hybridized carbons (Fsp3) is 0.167. The summed E-state index contributed by atoms with van der Waals surface area (Å²) in [7, 11) is 1.67. The van der Waals surface area contributed by atoms with Crippen LogP contribution in [0.1, 0.15) is 21.7 Å². The fourth-order valence-electron chi connectivity index (χ4n) is 2.42. The summed E-state index contributed by atoms with van der Waals surface area (Å²) in [5.74, 6) is -0.239. The van der Waals surface area contributed by atoms with E-state index < -0.39 is 11.9 Å². The normalized spacial score (nSPS) is 11.4. The lowest BCUT2D eigenvalue weighted by Gasteiger charge is -2.06. The summed E-state index contributed by atoms with van der Waals surface area (Å²) in [6, 6.07) is 12.8. The molecule has 0 fully saturated rings. The van der Waals surface area contributed by atoms with E-state index in [0.29, 0.717) is 22.5 Å². The van der Waals surface area contributed by atoms with Crippen LogP contribution in [0.3, 0.4) is 0 Å². The van der Waals surface area contributed by atoms with Crippen molar-refractivity contribution in [2.45, 2.75) is 12.7 Å². The molecule has 2 heterocycles. The Bertz CT molecular complexity index is 920. The van der Waals surface area contributed by atoms with Crippen molar-refractivity contribution in [3.05, 3.63) is 71.7 Å². The van der Waals surface area contributed by atoms with Gasteiger partial charge in [-0.3, -0.25) is 14.5 Å². The molecule has 0 aliphatic rings. The molecule has 2 aromatic heterocycles. The van der Waals surface area contributed by atoms with E-state index in [1.807, 2.05) is 6.07 Å². The second-order valence-electron chi connectivity index (χ2n) is 5.62. The standard InChI is InChI=1S/C18H15F3N4O/c1-25-14(11-23-17(26)12-5-3-2-4-6-12)10-15(24-25)13-7-8-22-16(9-13)18(19,20)21/h2-10H,11H2,1H3,(H,23,26). The number of hydrogen-bond donors (Lipinski definition) is 1. The summed E-state index contributed by atoms with van der Waals surface area (Å²) in [6.45, 7) is 0.203. The van der Waals surface area contributed by atoms with Crippen molar-refractivity contribution < 1.29 is 18.0 Å². The van der Waals surface area contributed by atoms with Gasteiger partial charge < -0.3 is 5.32 Å².